The molecule has 0 amide bonds. The standard InChI is InChI=1S/C13H17NO4S/c1-4-5-10(3)14-19(17,18)12-7-6-11(13(15)16)8-9(12)2/h4,6-8,10,14H,1,5H2,2-3H3,(H,15,16). The average molecular weight is 283 g/mol. The Kier molecular flexibility index (Phi) is 4.85. The van der Waals surface area contributed by atoms with Crippen LogP contribution in [-0.2, 0) is 10.0 Å². The van der Waals surface area contributed by atoms with Gasteiger partial charge in [-0.3, -0.25) is 0 Å². The summed E-state index contributed by atoms with van der Waals surface area (Å²) < 4.78 is 26.8. The Hall–Kier alpha value is -1.66. The van der Waals surface area contributed by atoms with Crippen molar-refractivity contribution in [3.8, 4) is 0 Å². The number of rotatable bonds is 6. The van der Waals surface area contributed by atoms with E-state index in [-0.39, 0.29) is 16.5 Å². The molecule has 0 aromatic heterocycles. The van der Waals surface area contributed by atoms with Crippen molar-refractivity contribution >= 4 is 16.0 Å². The van der Waals surface area contributed by atoms with E-state index in [9.17, 15) is 13.2 Å². The van der Waals surface area contributed by atoms with Gasteiger partial charge in [0, 0.05) is 6.04 Å². The van der Waals surface area contributed by atoms with Gasteiger partial charge in [-0.25, -0.2) is 17.9 Å². The Morgan fingerprint density at radius 1 is 1.53 bits per heavy atom. The van der Waals surface area contributed by atoms with Crippen LogP contribution in [0.1, 0.15) is 29.3 Å². The van der Waals surface area contributed by atoms with E-state index < -0.39 is 16.0 Å². The number of benzene rings is 1. The summed E-state index contributed by atoms with van der Waals surface area (Å²) in [6, 6.07) is 3.67. The van der Waals surface area contributed by atoms with Crippen LogP contribution in [0.3, 0.4) is 0 Å². The number of hydrogen-bond donors (Lipinski definition) is 2. The number of carbonyl (C=O) groups is 1. The average Bonchev–Trinajstić information content (AvgIpc) is 2.27. The van der Waals surface area contributed by atoms with E-state index in [2.05, 4.69) is 11.3 Å². The molecule has 5 nitrogen and oxygen atoms in total. The Bertz CT molecular complexity index is 593. The Morgan fingerprint density at radius 3 is 2.63 bits per heavy atom. The van der Waals surface area contributed by atoms with Crippen LogP contribution in [0.4, 0.5) is 0 Å². The number of sulfonamides is 1. The molecule has 0 saturated carbocycles. The van der Waals surface area contributed by atoms with Crippen molar-refractivity contribution in [3.63, 3.8) is 0 Å². The lowest BCUT2D eigenvalue weighted by Crippen LogP contribution is -2.32. The third-order valence-electron chi connectivity index (χ3n) is 2.59. The minimum atomic E-state index is -3.65. The third-order valence-corrected chi connectivity index (χ3v) is 4.34. The summed E-state index contributed by atoms with van der Waals surface area (Å²) in [5.41, 5.74) is 0.466. The lowest BCUT2D eigenvalue weighted by Gasteiger charge is -2.14. The summed E-state index contributed by atoms with van der Waals surface area (Å²) in [7, 11) is -3.65. The molecule has 0 heterocycles. The third kappa shape index (κ3) is 3.90. The molecule has 0 aliphatic carbocycles. The number of aryl methyl sites for hydroxylation is 1. The maximum absolute atomic E-state index is 12.1. The molecular weight excluding hydrogens is 266 g/mol. The van der Waals surface area contributed by atoms with E-state index in [0.29, 0.717) is 12.0 Å². The molecule has 0 aliphatic heterocycles. The number of aromatic carboxylic acids is 1. The quantitative estimate of drug-likeness (QED) is 0.781. The molecule has 1 unspecified atom stereocenters. The van der Waals surface area contributed by atoms with Crippen LogP contribution in [0.2, 0.25) is 0 Å². The van der Waals surface area contributed by atoms with Gasteiger partial charge < -0.3 is 5.11 Å². The van der Waals surface area contributed by atoms with Gasteiger partial charge in [0.15, 0.2) is 0 Å². The van der Waals surface area contributed by atoms with Crippen LogP contribution in [0.25, 0.3) is 0 Å². The number of carboxylic acids is 1. The lowest BCUT2D eigenvalue weighted by atomic mass is 10.1. The van der Waals surface area contributed by atoms with E-state index in [1.807, 2.05) is 0 Å². The predicted octanol–water partition coefficient (Wildman–Crippen LogP) is 1.94. The SMILES string of the molecule is C=CCC(C)NS(=O)(=O)c1ccc(C(=O)O)cc1C. The highest BCUT2D eigenvalue weighted by Gasteiger charge is 2.19. The molecule has 0 fully saturated rings. The molecule has 0 aliphatic rings. The van der Waals surface area contributed by atoms with Crippen LogP contribution in [-0.4, -0.2) is 25.5 Å². The van der Waals surface area contributed by atoms with Gasteiger partial charge in [0.2, 0.25) is 10.0 Å². The van der Waals surface area contributed by atoms with Gasteiger partial charge in [-0.05, 0) is 44.0 Å². The molecule has 6 heteroatoms. The minimum absolute atomic E-state index is 0.0654. The summed E-state index contributed by atoms with van der Waals surface area (Å²) >= 11 is 0. The van der Waals surface area contributed by atoms with Gasteiger partial charge in [-0.15, -0.1) is 6.58 Å². The van der Waals surface area contributed by atoms with E-state index >= 15 is 0 Å². The van der Waals surface area contributed by atoms with E-state index in [4.69, 9.17) is 5.11 Å². The van der Waals surface area contributed by atoms with Crippen molar-refractivity contribution < 1.29 is 18.3 Å². The van der Waals surface area contributed by atoms with Crippen LogP contribution in [0, 0.1) is 6.92 Å². The molecule has 19 heavy (non-hydrogen) atoms. The highest BCUT2D eigenvalue weighted by atomic mass is 32.2. The molecule has 2 N–H and O–H groups in total. The lowest BCUT2D eigenvalue weighted by molar-refractivity contribution is 0.0696. The van der Waals surface area contributed by atoms with Crippen molar-refractivity contribution in [1.29, 1.82) is 0 Å². The zero-order chi connectivity index (χ0) is 14.6. The Morgan fingerprint density at radius 2 is 2.16 bits per heavy atom. The zero-order valence-corrected chi connectivity index (χ0v) is 11.7. The molecule has 0 bridgehead atoms. The minimum Gasteiger partial charge on any atom is -0.478 e. The maximum Gasteiger partial charge on any atom is 0.335 e. The predicted molar refractivity (Wildman–Crippen MR) is 72.7 cm³/mol. The number of nitrogens with one attached hydrogen (secondary N) is 1. The second-order valence-electron chi connectivity index (χ2n) is 4.33. The molecule has 1 aromatic rings. The fraction of sp³-hybridized carbons (Fsp3) is 0.308. The molecule has 0 radical (unpaired) electrons. The van der Waals surface area contributed by atoms with Gasteiger partial charge >= 0.3 is 5.97 Å². The van der Waals surface area contributed by atoms with Crippen molar-refractivity contribution in [2.45, 2.75) is 31.2 Å². The van der Waals surface area contributed by atoms with E-state index in [0.717, 1.165) is 0 Å². The Labute approximate surface area is 113 Å². The smallest absolute Gasteiger partial charge is 0.335 e. The first-order valence-electron chi connectivity index (χ1n) is 5.75. The fourth-order valence-corrected chi connectivity index (χ4v) is 3.19. The molecule has 0 saturated heterocycles. The first-order chi connectivity index (χ1) is 8.77. The summed E-state index contributed by atoms with van der Waals surface area (Å²) in [4.78, 5) is 10.9. The van der Waals surface area contributed by atoms with E-state index in [1.54, 1.807) is 19.9 Å². The number of hydrogen-bond acceptors (Lipinski definition) is 3. The second-order valence-corrected chi connectivity index (χ2v) is 6.01. The Balaban J connectivity index is 3.08. The van der Waals surface area contributed by atoms with Crippen LogP contribution in [0.5, 0.6) is 0 Å². The highest BCUT2D eigenvalue weighted by Crippen LogP contribution is 2.17. The molecule has 1 rings (SSSR count). The molecule has 1 aromatic carbocycles. The topological polar surface area (TPSA) is 83.5 Å². The van der Waals surface area contributed by atoms with Gasteiger partial charge in [0.05, 0.1) is 10.5 Å². The van der Waals surface area contributed by atoms with Gasteiger partial charge in [-0.2, -0.15) is 0 Å². The van der Waals surface area contributed by atoms with Crippen LogP contribution < -0.4 is 4.72 Å². The summed E-state index contributed by atoms with van der Waals surface area (Å²) in [5, 5.41) is 8.84. The van der Waals surface area contributed by atoms with Crippen LogP contribution >= 0.6 is 0 Å². The van der Waals surface area contributed by atoms with Crippen molar-refractivity contribution in [2.24, 2.45) is 0 Å². The molecular formula is C13H17NO4S. The van der Waals surface area contributed by atoms with Crippen molar-refractivity contribution in [1.82, 2.24) is 4.72 Å². The highest BCUT2D eigenvalue weighted by molar-refractivity contribution is 7.89. The van der Waals surface area contributed by atoms with Gasteiger partial charge in [0.25, 0.3) is 0 Å². The molecule has 104 valence electrons. The largest absolute Gasteiger partial charge is 0.478 e. The van der Waals surface area contributed by atoms with Crippen LogP contribution in [0.15, 0.2) is 35.7 Å². The number of carboxylic acid groups (broad SMARTS) is 1. The summed E-state index contributed by atoms with van der Waals surface area (Å²) in [5.74, 6) is -1.08. The summed E-state index contributed by atoms with van der Waals surface area (Å²) in [6.45, 7) is 6.86. The van der Waals surface area contributed by atoms with Gasteiger partial charge in [0.1, 0.15) is 0 Å². The van der Waals surface area contributed by atoms with E-state index in [1.165, 1.54) is 18.2 Å². The fourth-order valence-electron chi connectivity index (χ4n) is 1.71. The first kappa shape index (κ1) is 15.4. The maximum atomic E-state index is 12.1. The monoisotopic (exact) mass is 283 g/mol. The molecule has 0 spiro atoms. The second kappa shape index (κ2) is 5.99. The summed E-state index contributed by atoms with van der Waals surface area (Å²) in [6.07, 6.45) is 2.15. The normalized spacial score (nSPS) is 12.9. The van der Waals surface area contributed by atoms with Gasteiger partial charge in [-0.1, -0.05) is 6.08 Å². The zero-order valence-electron chi connectivity index (χ0n) is 10.9. The molecule has 1 atom stereocenters. The van der Waals surface area contributed by atoms with Crippen molar-refractivity contribution in [3.05, 3.63) is 42.0 Å². The first-order valence-corrected chi connectivity index (χ1v) is 7.23. The van der Waals surface area contributed by atoms with Crippen molar-refractivity contribution in [2.75, 3.05) is 0 Å².